The van der Waals surface area contributed by atoms with Gasteiger partial charge in [-0.1, -0.05) is 27.2 Å². The van der Waals surface area contributed by atoms with Crippen LogP contribution in [0, 0.1) is 11.8 Å². The average Bonchev–Trinajstić information content (AvgIpc) is 2.28. The lowest BCUT2D eigenvalue weighted by molar-refractivity contribution is -0.125. The van der Waals surface area contributed by atoms with Gasteiger partial charge in [0.25, 0.3) is 0 Å². The van der Waals surface area contributed by atoms with E-state index in [4.69, 9.17) is 5.73 Å². The minimum Gasteiger partial charge on any atom is -0.351 e. The van der Waals surface area contributed by atoms with Crippen molar-refractivity contribution < 1.29 is 9.59 Å². The minimum atomic E-state index is -0.396. The first kappa shape index (κ1) is 13.8. The second-order valence-corrected chi connectivity index (χ2v) is 5.11. The molecule has 0 saturated carbocycles. The highest BCUT2D eigenvalue weighted by molar-refractivity contribution is 5.78. The van der Waals surface area contributed by atoms with Gasteiger partial charge in [0, 0.05) is 25.0 Å². The molecule has 0 aromatic carbocycles. The van der Waals surface area contributed by atoms with Crippen molar-refractivity contribution in [3.05, 3.63) is 0 Å². The Morgan fingerprint density at radius 1 is 1.41 bits per heavy atom. The Morgan fingerprint density at radius 3 is 2.53 bits per heavy atom. The molecule has 0 aromatic heterocycles. The van der Waals surface area contributed by atoms with Crippen LogP contribution < -0.4 is 11.1 Å². The Balaban J connectivity index is 2.59. The van der Waals surface area contributed by atoms with Crippen molar-refractivity contribution >= 4 is 11.9 Å². The van der Waals surface area contributed by atoms with Crippen LogP contribution in [0.25, 0.3) is 0 Å². The Bertz CT molecular complexity index is 291. The van der Waals surface area contributed by atoms with Gasteiger partial charge in [-0.3, -0.25) is 4.79 Å². The molecule has 1 heterocycles. The van der Waals surface area contributed by atoms with Crippen LogP contribution in [-0.2, 0) is 4.79 Å². The summed E-state index contributed by atoms with van der Waals surface area (Å²) in [6, 6.07) is -0.358. The maximum absolute atomic E-state index is 11.6. The van der Waals surface area contributed by atoms with Gasteiger partial charge in [0.05, 0.1) is 0 Å². The number of rotatable bonds is 3. The normalized spacial score (nSPS) is 24.8. The zero-order valence-electron chi connectivity index (χ0n) is 10.9. The number of nitrogens with two attached hydrogens (primary N) is 1. The van der Waals surface area contributed by atoms with Gasteiger partial charge in [-0.2, -0.15) is 0 Å². The first-order valence-electron chi connectivity index (χ1n) is 6.28. The topological polar surface area (TPSA) is 75.4 Å². The van der Waals surface area contributed by atoms with Crippen LogP contribution >= 0.6 is 0 Å². The fourth-order valence-corrected chi connectivity index (χ4v) is 2.15. The maximum atomic E-state index is 11.6. The molecule has 98 valence electrons. The van der Waals surface area contributed by atoms with Crippen LogP contribution in [0.4, 0.5) is 4.79 Å². The fraction of sp³-hybridized carbons (Fsp3) is 0.833. The number of carbonyl (C=O) groups excluding carboxylic acids is 2. The monoisotopic (exact) mass is 241 g/mol. The molecule has 1 rings (SSSR count). The summed E-state index contributed by atoms with van der Waals surface area (Å²) >= 11 is 0. The maximum Gasteiger partial charge on any atom is 0.314 e. The van der Waals surface area contributed by atoms with Crippen molar-refractivity contribution in [3.63, 3.8) is 0 Å². The molecule has 1 aliphatic heterocycles. The van der Waals surface area contributed by atoms with E-state index in [0.29, 0.717) is 19.0 Å². The van der Waals surface area contributed by atoms with Gasteiger partial charge in [-0.25, -0.2) is 4.79 Å². The first-order chi connectivity index (χ1) is 7.93. The zero-order chi connectivity index (χ0) is 13.0. The largest absolute Gasteiger partial charge is 0.351 e. The summed E-state index contributed by atoms with van der Waals surface area (Å²) in [5.74, 6) is 0.434. The molecule has 5 nitrogen and oxygen atoms in total. The number of nitrogens with zero attached hydrogens (tertiary/aromatic N) is 1. The minimum absolute atomic E-state index is 0.0287. The lowest BCUT2D eigenvalue weighted by Crippen LogP contribution is -2.54. The summed E-state index contributed by atoms with van der Waals surface area (Å²) in [6.07, 6.45) is 1.93. The van der Waals surface area contributed by atoms with Gasteiger partial charge in [-0.05, 0) is 12.3 Å². The average molecular weight is 241 g/mol. The van der Waals surface area contributed by atoms with E-state index < -0.39 is 6.03 Å². The lowest BCUT2D eigenvalue weighted by atomic mass is 9.92. The number of nitrogens with one attached hydrogen (secondary N) is 1. The highest BCUT2D eigenvalue weighted by Gasteiger charge is 2.29. The van der Waals surface area contributed by atoms with Crippen LogP contribution in [0.3, 0.4) is 0 Å². The van der Waals surface area contributed by atoms with E-state index in [1.165, 1.54) is 0 Å². The summed E-state index contributed by atoms with van der Waals surface area (Å²) in [6.45, 7) is 7.06. The van der Waals surface area contributed by atoms with Crippen molar-refractivity contribution in [1.82, 2.24) is 10.2 Å². The molecule has 0 radical (unpaired) electrons. The molecule has 0 aromatic rings. The molecule has 1 saturated heterocycles. The summed E-state index contributed by atoms with van der Waals surface area (Å²) in [7, 11) is 0. The predicted molar refractivity (Wildman–Crippen MR) is 66.3 cm³/mol. The van der Waals surface area contributed by atoms with E-state index in [1.807, 2.05) is 13.8 Å². The third-order valence-electron chi connectivity index (χ3n) is 3.30. The molecule has 1 aliphatic rings. The van der Waals surface area contributed by atoms with Crippen LogP contribution in [0.2, 0.25) is 0 Å². The third kappa shape index (κ3) is 3.91. The number of primary amides is 1. The Kier molecular flexibility index (Phi) is 4.78. The first-order valence-corrected chi connectivity index (χ1v) is 6.28. The molecule has 3 N–H and O–H groups in total. The molecule has 5 heteroatoms. The summed E-state index contributed by atoms with van der Waals surface area (Å²) in [5.41, 5.74) is 5.31. The van der Waals surface area contributed by atoms with Gasteiger partial charge < -0.3 is 16.0 Å². The van der Waals surface area contributed by atoms with Crippen molar-refractivity contribution in [2.75, 3.05) is 13.1 Å². The van der Waals surface area contributed by atoms with E-state index in [9.17, 15) is 9.59 Å². The third-order valence-corrected chi connectivity index (χ3v) is 3.30. The molecule has 3 amide bonds. The zero-order valence-corrected chi connectivity index (χ0v) is 10.9. The van der Waals surface area contributed by atoms with Crippen LogP contribution in [0.1, 0.15) is 33.6 Å². The molecule has 2 atom stereocenters. The number of carbonyl (C=O) groups is 2. The highest BCUT2D eigenvalue weighted by Crippen LogP contribution is 2.19. The summed E-state index contributed by atoms with van der Waals surface area (Å²) in [4.78, 5) is 24.5. The number of amides is 3. The molecular formula is C12H23N3O2. The number of hydrogen-bond donors (Lipinski definition) is 2. The molecule has 17 heavy (non-hydrogen) atoms. The molecule has 0 bridgehead atoms. The van der Waals surface area contributed by atoms with Gasteiger partial charge in [0.15, 0.2) is 0 Å². The van der Waals surface area contributed by atoms with E-state index >= 15 is 0 Å². The molecule has 2 unspecified atom stereocenters. The Labute approximate surface area is 103 Å². The number of likely N-dealkylation sites (tertiary alicyclic amines) is 1. The van der Waals surface area contributed by atoms with Gasteiger partial charge in [0.1, 0.15) is 0 Å². The predicted octanol–water partition coefficient (Wildman–Crippen LogP) is 0.938. The van der Waals surface area contributed by atoms with E-state index in [0.717, 1.165) is 12.8 Å². The second kappa shape index (κ2) is 5.89. The van der Waals surface area contributed by atoms with Gasteiger partial charge in [-0.15, -0.1) is 0 Å². The Hall–Kier alpha value is -1.26. The SMILES string of the molecule is CCC1CC(NC(=O)C(C)C)CN(C(N)=O)C1. The number of urea groups is 1. The van der Waals surface area contributed by atoms with Crippen LogP contribution in [0.15, 0.2) is 0 Å². The quantitative estimate of drug-likeness (QED) is 0.771. The number of hydrogen-bond acceptors (Lipinski definition) is 2. The molecular weight excluding hydrogens is 218 g/mol. The van der Waals surface area contributed by atoms with E-state index in [1.54, 1.807) is 4.90 Å². The van der Waals surface area contributed by atoms with Crippen molar-refractivity contribution in [1.29, 1.82) is 0 Å². The Morgan fingerprint density at radius 2 is 2.06 bits per heavy atom. The highest BCUT2D eigenvalue weighted by atomic mass is 16.2. The van der Waals surface area contributed by atoms with Crippen molar-refractivity contribution in [2.24, 2.45) is 17.6 Å². The summed E-state index contributed by atoms with van der Waals surface area (Å²) in [5, 5.41) is 2.98. The summed E-state index contributed by atoms with van der Waals surface area (Å²) < 4.78 is 0. The molecule has 1 fully saturated rings. The van der Waals surface area contributed by atoms with E-state index in [-0.39, 0.29) is 17.9 Å². The van der Waals surface area contributed by atoms with Crippen LogP contribution in [-0.4, -0.2) is 36.0 Å². The molecule has 0 aliphatic carbocycles. The van der Waals surface area contributed by atoms with E-state index in [2.05, 4.69) is 12.2 Å². The fourth-order valence-electron chi connectivity index (χ4n) is 2.15. The van der Waals surface area contributed by atoms with Crippen LogP contribution in [0.5, 0.6) is 0 Å². The van der Waals surface area contributed by atoms with Crippen molar-refractivity contribution in [2.45, 2.75) is 39.7 Å². The molecule has 0 spiro atoms. The number of piperidine rings is 1. The lowest BCUT2D eigenvalue weighted by Gasteiger charge is -2.37. The van der Waals surface area contributed by atoms with Gasteiger partial charge in [0.2, 0.25) is 5.91 Å². The second-order valence-electron chi connectivity index (χ2n) is 5.11. The standard InChI is InChI=1S/C12H23N3O2/c1-4-9-5-10(14-11(16)8(2)3)7-15(6-9)12(13)17/h8-10H,4-7H2,1-3H3,(H2,13,17)(H,14,16). The van der Waals surface area contributed by atoms with Gasteiger partial charge >= 0.3 is 6.03 Å². The smallest absolute Gasteiger partial charge is 0.314 e. The van der Waals surface area contributed by atoms with Crippen molar-refractivity contribution in [3.8, 4) is 0 Å².